The van der Waals surface area contributed by atoms with Crippen LogP contribution < -0.4 is 9.80 Å². The molecule has 1 atom stereocenters. The van der Waals surface area contributed by atoms with E-state index in [0.29, 0.717) is 5.56 Å². The van der Waals surface area contributed by atoms with Crippen molar-refractivity contribution in [2.24, 2.45) is 0 Å². The van der Waals surface area contributed by atoms with Crippen LogP contribution in [0.5, 0.6) is 0 Å². The molecule has 63 heavy (non-hydrogen) atoms. The summed E-state index contributed by atoms with van der Waals surface area (Å²) in [6.07, 6.45) is 0. The third kappa shape index (κ3) is 5.95. The van der Waals surface area contributed by atoms with Gasteiger partial charge in [0, 0.05) is 34.1 Å². The minimum atomic E-state index is -0.680. The highest BCUT2D eigenvalue weighted by Gasteiger charge is 2.52. The number of fused-ring (bicyclic) bond motifs is 10. The average Bonchev–Trinajstić information content (AvgIpc) is 3.86. The average molecular weight is 808 g/mol. The van der Waals surface area contributed by atoms with Gasteiger partial charge in [-0.2, -0.15) is 0 Å². The van der Waals surface area contributed by atoms with E-state index in [-0.39, 0.29) is 29.7 Å². The molecule has 0 fully saturated rings. The summed E-state index contributed by atoms with van der Waals surface area (Å²) >= 11 is 0. The molecule has 0 radical (unpaired) electrons. The molecule has 0 amide bonds. The molecule has 0 bridgehead atoms. The lowest BCUT2D eigenvalue weighted by atomic mass is 9.70. The minimum Gasteiger partial charge on any atom is -0.310 e. The van der Waals surface area contributed by atoms with E-state index < -0.39 is 11.5 Å². The maximum absolute atomic E-state index is 8.89. The van der Waals surface area contributed by atoms with Crippen LogP contribution in [0.2, 0.25) is 0 Å². The zero-order valence-electron chi connectivity index (χ0n) is 39.3. The summed E-state index contributed by atoms with van der Waals surface area (Å²) in [6, 6.07) is 77.4. The van der Waals surface area contributed by atoms with Crippen LogP contribution >= 0.6 is 0 Å². The van der Waals surface area contributed by atoms with Gasteiger partial charge in [0.15, 0.2) is 0 Å². The van der Waals surface area contributed by atoms with Crippen molar-refractivity contribution in [3.05, 3.63) is 277 Å². The highest BCUT2D eigenvalue weighted by molar-refractivity contribution is 5.97. The summed E-state index contributed by atoms with van der Waals surface area (Å²) < 4.78 is 43.1. The molecular formula is C61H42N2. The largest absolute Gasteiger partial charge is 0.310 e. The van der Waals surface area contributed by atoms with E-state index in [9.17, 15) is 0 Å². The van der Waals surface area contributed by atoms with Gasteiger partial charge in [-0.25, -0.2) is 0 Å². The molecule has 1 unspecified atom stereocenters. The Labute approximate surface area is 376 Å². The maximum Gasteiger partial charge on any atom is 0.0727 e. The Morgan fingerprint density at radius 1 is 0.270 bits per heavy atom. The standard InChI is InChI=1S/C61H42N2/c1-5-18-43(19-6-1)45-32-34-49(35-33-45)63(50-27-17-22-46(40-50)44-20-7-2-8-21-44)52-37-39-56-54-29-14-16-31-58(54)61(60(56)42-52)57-30-15-13-28-53(57)55-38-36-51(41-59(55)61)62(47-23-9-3-10-24-47)48-25-11-4-12-26-48/h1-42H/i2D,7D,8D,20D,21D. The number of rotatable bonds is 8. The van der Waals surface area contributed by atoms with Gasteiger partial charge in [0.2, 0.25) is 0 Å². The quantitative estimate of drug-likeness (QED) is 0.151. The molecule has 2 aliphatic carbocycles. The molecule has 12 rings (SSSR count). The van der Waals surface area contributed by atoms with Gasteiger partial charge in [0.1, 0.15) is 0 Å². The summed E-state index contributed by atoms with van der Waals surface area (Å²) in [5.74, 6) is 0. The Hall–Kier alpha value is -8.20. The summed E-state index contributed by atoms with van der Waals surface area (Å²) in [5, 5.41) is 0. The number of para-hydroxylation sites is 2. The van der Waals surface area contributed by atoms with Crippen molar-refractivity contribution in [3.8, 4) is 44.5 Å². The SMILES string of the molecule is [2H]c1c([2H])c([2H])c(-c2cccc(N(c3ccc(-c4ccccc4)cc3)c3ccc4c(c3)C3(c5ccccc5-c5ccc(N(c6ccccc6)c6ccccc6)cc53)c3ccccc3-4)c2)c([2H])c1[2H]. The molecule has 0 saturated heterocycles. The van der Waals surface area contributed by atoms with Crippen LogP contribution in [-0.2, 0) is 5.41 Å². The fourth-order valence-electron chi connectivity index (χ4n) is 10.1. The van der Waals surface area contributed by atoms with E-state index in [2.05, 4.69) is 192 Å². The van der Waals surface area contributed by atoms with Crippen molar-refractivity contribution < 1.29 is 6.85 Å². The van der Waals surface area contributed by atoms with Crippen LogP contribution in [0.15, 0.2) is 255 Å². The normalized spacial score (nSPS) is 15.2. The number of hydrogen-bond donors (Lipinski definition) is 0. The van der Waals surface area contributed by atoms with Gasteiger partial charge in [-0.1, -0.05) is 182 Å². The highest BCUT2D eigenvalue weighted by atomic mass is 15.1. The summed E-state index contributed by atoms with van der Waals surface area (Å²) in [6.45, 7) is 0. The van der Waals surface area contributed by atoms with Gasteiger partial charge in [-0.3, -0.25) is 0 Å². The summed E-state index contributed by atoms with van der Waals surface area (Å²) in [7, 11) is 0. The molecule has 10 aromatic carbocycles. The predicted octanol–water partition coefficient (Wildman–Crippen LogP) is 16.3. The van der Waals surface area contributed by atoms with E-state index in [1.165, 1.54) is 38.9 Å². The molecule has 2 heteroatoms. The van der Waals surface area contributed by atoms with Crippen LogP contribution in [0, 0.1) is 0 Å². The lowest BCUT2D eigenvalue weighted by Gasteiger charge is -2.33. The van der Waals surface area contributed by atoms with E-state index in [0.717, 1.165) is 50.8 Å². The monoisotopic (exact) mass is 807 g/mol. The van der Waals surface area contributed by atoms with Crippen LogP contribution in [0.1, 0.15) is 29.1 Å². The van der Waals surface area contributed by atoms with Crippen molar-refractivity contribution in [1.29, 1.82) is 0 Å². The molecule has 0 aliphatic heterocycles. The topological polar surface area (TPSA) is 6.48 Å². The number of benzene rings is 10. The Morgan fingerprint density at radius 2 is 0.667 bits per heavy atom. The molecule has 296 valence electrons. The first kappa shape index (κ1) is 31.6. The molecule has 2 nitrogen and oxygen atoms in total. The van der Waals surface area contributed by atoms with Gasteiger partial charge in [-0.15, -0.1) is 0 Å². The molecule has 2 aliphatic rings. The fourth-order valence-corrected chi connectivity index (χ4v) is 10.1. The number of nitrogens with zero attached hydrogens (tertiary/aromatic N) is 2. The second kappa shape index (κ2) is 15.1. The molecule has 0 N–H and O–H groups in total. The smallest absolute Gasteiger partial charge is 0.0727 e. The lowest BCUT2D eigenvalue weighted by Crippen LogP contribution is -2.26. The first-order valence-electron chi connectivity index (χ1n) is 23.8. The minimum absolute atomic E-state index is 0.163. The Balaban J connectivity index is 1.10. The zero-order valence-corrected chi connectivity index (χ0v) is 34.3. The van der Waals surface area contributed by atoms with E-state index in [4.69, 9.17) is 6.85 Å². The van der Waals surface area contributed by atoms with Gasteiger partial charge < -0.3 is 9.80 Å². The second-order valence-electron chi connectivity index (χ2n) is 16.1. The van der Waals surface area contributed by atoms with E-state index in [1.807, 2.05) is 42.5 Å². The molecule has 0 aromatic heterocycles. The van der Waals surface area contributed by atoms with Crippen molar-refractivity contribution >= 4 is 34.1 Å². The third-order valence-electron chi connectivity index (χ3n) is 12.7. The van der Waals surface area contributed by atoms with Crippen molar-refractivity contribution in [2.75, 3.05) is 9.80 Å². The molecular weight excluding hydrogens is 761 g/mol. The zero-order chi connectivity index (χ0) is 46.1. The van der Waals surface area contributed by atoms with Crippen LogP contribution in [0.4, 0.5) is 34.1 Å². The lowest BCUT2D eigenvalue weighted by molar-refractivity contribution is 0.793. The fraction of sp³-hybridized carbons (Fsp3) is 0.0164. The molecule has 0 saturated carbocycles. The van der Waals surface area contributed by atoms with Gasteiger partial charge in [0.05, 0.1) is 12.3 Å². The van der Waals surface area contributed by atoms with Gasteiger partial charge in [0.25, 0.3) is 0 Å². The number of anilines is 6. The van der Waals surface area contributed by atoms with Gasteiger partial charge in [-0.05, 0) is 140 Å². The molecule has 1 spiro atoms. The van der Waals surface area contributed by atoms with Crippen LogP contribution in [-0.4, -0.2) is 0 Å². The van der Waals surface area contributed by atoms with Crippen molar-refractivity contribution in [1.82, 2.24) is 0 Å². The van der Waals surface area contributed by atoms with E-state index >= 15 is 0 Å². The Morgan fingerprint density at radius 3 is 1.24 bits per heavy atom. The van der Waals surface area contributed by atoms with Crippen molar-refractivity contribution in [3.63, 3.8) is 0 Å². The van der Waals surface area contributed by atoms with Gasteiger partial charge >= 0.3 is 0 Å². The van der Waals surface area contributed by atoms with Crippen molar-refractivity contribution in [2.45, 2.75) is 5.41 Å². The maximum atomic E-state index is 8.89. The molecule has 0 heterocycles. The third-order valence-corrected chi connectivity index (χ3v) is 12.7. The molecule has 10 aromatic rings. The second-order valence-corrected chi connectivity index (χ2v) is 16.1. The predicted molar refractivity (Wildman–Crippen MR) is 263 cm³/mol. The Bertz CT molecular complexity index is 3500. The number of hydrogen-bond acceptors (Lipinski definition) is 2. The Kier molecular flexibility index (Phi) is 7.56. The van der Waals surface area contributed by atoms with Crippen LogP contribution in [0.25, 0.3) is 44.5 Å². The first-order valence-corrected chi connectivity index (χ1v) is 21.3. The summed E-state index contributed by atoms with van der Waals surface area (Å²) in [4.78, 5) is 4.55. The highest BCUT2D eigenvalue weighted by Crippen LogP contribution is 2.64. The van der Waals surface area contributed by atoms with Crippen LogP contribution in [0.3, 0.4) is 0 Å². The first-order chi connectivity index (χ1) is 33.3. The van der Waals surface area contributed by atoms with E-state index in [1.54, 1.807) is 0 Å². The summed E-state index contributed by atoms with van der Waals surface area (Å²) in [5.41, 5.74) is 17.6.